The maximum absolute atomic E-state index is 5.68. The van der Waals surface area contributed by atoms with Crippen LogP contribution in [0.4, 0.5) is 5.69 Å². The van der Waals surface area contributed by atoms with Crippen LogP contribution in [0.15, 0.2) is 48.5 Å². The van der Waals surface area contributed by atoms with Gasteiger partial charge in [0.1, 0.15) is 5.75 Å². The van der Waals surface area contributed by atoms with E-state index in [1.807, 2.05) is 24.3 Å². The summed E-state index contributed by atoms with van der Waals surface area (Å²) >= 11 is 0. The standard InChI is InChI=1S/C15H17NO/c1-12-5-7-13(8-6-12)9-10-17-15-4-2-3-14(16)11-15/h2-8,11H,9-10,16H2,1H3. The summed E-state index contributed by atoms with van der Waals surface area (Å²) in [5.74, 6) is 0.831. The van der Waals surface area contributed by atoms with E-state index in [1.54, 1.807) is 0 Å². The molecule has 0 heterocycles. The minimum absolute atomic E-state index is 0.673. The highest BCUT2D eigenvalue weighted by atomic mass is 16.5. The van der Waals surface area contributed by atoms with Crippen LogP contribution in [0.25, 0.3) is 0 Å². The minimum Gasteiger partial charge on any atom is -0.493 e. The fraction of sp³-hybridized carbons (Fsp3) is 0.200. The zero-order valence-electron chi connectivity index (χ0n) is 10.0. The lowest BCUT2D eigenvalue weighted by atomic mass is 10.1. The van der Waals surface area contributed by atoms with Crippen molar-refractivity contribution in [1.29, 1.82) is 0 Å². The predicted molar refractivity (Wildman–Crippen MR) is 71.2 cm³/mol. The van der Waals surface area contributed by atoms with E-state index in [0.717, 1.165) is 17.9 Å². The molecule has 0 unspecified atom stereocenters. The van der Waals surface area contributed by atoms with Crippen LogP contribution in [-0.2, 0) is 6.42 Å². The number of aryl methyl sites for hydroxylation is 1. The van der Waals surface area contributed by atoms with Crippen molar-refractivity contribution in [1.82, 2.24) is 0 Å². The molecular weight excluding hydrogens is 210 g/mol. The lowest BCUT2D eigenvalue weighted by molar-refractivity contribution is 0.322. The first-order chi connectivity index (χ1) is 8.24. The van der Waals surface area contributed by atoms with Crippen LogP contribution in [0.2, 0.25) is 0 Å². The quantitative estimate of drug-likeness (QED) is 0.814. The third-order valence-corrected chi connectivity index (χ3v) is 2.64. The largest absolute Gasteiger partial charge is 0.493 e. The van der Waals surface area contributed by atoms with Gasteiger partial charge in [0, 0.05) is 18.2 Å². The van der Waals surface area contributed by atoms with Crippen LogP contribution >= 0.6 is 0 Å². The van der Waals surface area contributed by atoms with Gasteiger partial charge < -0.3 is 10.5 Å². The molecule has 0 saturated carbocycles. The summed E-state index contributed by atoms with van der Waals surface area (Å²) in [6, 6.07) is 16.0. The Kier molecular flexibility index (Phi) is 3.66. The molecule has 2 N–H and O–H groups in total. The Hall–Kier alpha value is -1.96. The van der Waals surface area contributed by atoms with E-state index < -0.39 is 0 Å². The van der Waals surface area contributed by atoms with Crippen molar-refractivity contribution in [2.75, 3.05) is 12.3 Å². The number of nitrogens with two attached hydrogens (primary N) is 1. The van der Waals surface area contributed by atoms with Crippen LogP contribution in [0, 0.1) is 6.92 Å². The molecule has 0 saturated heterocycles. The topological polar surface area (TPSA) is 35.2 Å². The molecule has 0 aliphatic heterocycles. The van der Waals surface area contributed by atoms with Crippen molar-refractivity contribution in [2.24, 2.45) is 0 Å². The number of nitrogen functional groups attached to an aromatic ring is 1. The fourth-order valence-electron chi connectivity index (χ4n) is 1.65. The van der Waals surface area contributed by atoms with Gasteiger partial charge in [0.05, 0.1) is 6.61 Å². The van der Waals surface area contributed by atoms with E-state index >= 15 is 0 Å². The van der Waals surface area contributed by atoms with Crippen molar-refractivity contribution in [3.63, 3.8) is 0 Å². The molecule has 0 radical (unpaired) electrons. The number of rotatable bonds is 4. The minimum atomic E-state index is 0.673. The van der Waals surface area contributed by atoms with Crippen molar-refractivity contribution in [3.8, 4) is 5.75 Å². The predicted octanol–water partition coefficient (Wildman–Crippen LogP) is 3.20. The van der Waals surface area contributed by atoms with Crippen molar-refractivity contribution >= 4 is 5.69 Å². The second kappa shape index (κ2) is 5.39. The zero-order chi connectivity index (χ0) is 12.1. The molecular formula is C15H17NO. The maximum Gasteiger partial charge on any atom is 0.121 e. The Bertz CT molecular complexity index is 477. The van der Waals surface area contributed by atoms with Crippen LogP contribution in [0.1, 0.15) is 11.1 Å². The average molecular weight is 227 g/mol. The first-order valence-electron chi connectivity index (χ1n) is 5.78. The lowest BCUT2D eigenvalue weighted by Gasteiger charge is -2.07. The molecule has 0 aromatic heterocycles. The third kappa shape index (κ3) is 3.52. The van der Waals surface area contributed by atoms with Gasteiger partial charge in [0.25, 0.3) is 0 Å². The van der Waals surface area contributed by atoms with Gasteiger partial charge in [-0.1, -0.05) is 35.9 Å². The molecule has 2 nitrogen and oxygen atoms in total. The summed E-state index contributed by atoms with van der Waals surface area (Å²) in [6.07, 6.45) is 0.912. The molecule has 2 rings (SSSR count). The molecule has 0 fully saturated rings. The highest BCUT2D eigenvalue weighted by Gasteiger charge is 1.96. The summed E-state index contributed by atoms with van der Waals surface area (Å²) in [5.41, 5.74) is 8.99. The van der Waals surface area contributed by atoms with E-state index in [1.165, 1.54) is 11.1 Å². The van der Waals surface area contributed by atoms with Gasteiger partial charge >= 0.3 is 0 Å². The molecule has 17 heavy (non-hydrogen) atoms. The molecule has 2 aromatic rings. The monoisotopic (exact) mass is 227 g/mol. The molecule has 2 heteroatoms. The SMILES string of the molecule is Cc1ccc(CCOc2cccc(N)c2)cc1. The number of hydrogen-bond acceptors (Lipinski definition) is 2. The number of ether oxygens (including phenoxy) is 1. The van der Waals surface area contributed by atoms with Gasteiger partial charge in [0.15, 0.2) is 0 Å². The van der Waals surface area contributed by atoms with Crippen molar-refractivity contribution in [3.05, 3.63) is 59.7 Å². The average Bonchev–Trinajstić information content (AvgIpc) is 2.32. The van der Waals surface area contributed by atoms with Crippen LogP contribution in [0.3, 0.4) is 0 Å². The molecule has 0 aliphatic carbocycles. The second-order valence-corrected chi connectivity index (χ2v) is 4.16. The van der Waals surface area contributed by atoms with Gasteiger partial charge in [-0.15, -0.1) is 0 Å². The number of hydrogen-bond donors (Lipinski definition) is 1. The Morgan fingerprint density at radius 1 is 1.06 bits per heavy atom. The van der Waals surface area contributed by atoms with Gasteiger partial charge in [-0.05, 0) is 24.6 Å². The highest BCUT2D eigenvalue weighted by molar-refractivity contribution is 5.43. The summed E-state index contributed by atoms with van der Waals surface area (Å²) in [6.45, 7) is 2.76. The number of anilines is 1. The fourth-order valence-corrected chi connectivity index (χ4v) is 1.65. The second-order valence-electron chi connectivity index (χ2n) is 4.16. The van der Waals surface area contributed by atoms with E-state index in [4.69, 9.17) is 10.5 Å². The summed E-state index contributed by atoms with van der Waals surface area (Å²) in [4.78, 5) is 0. The van der Waals surface area contributed by atoms with Crippen LogP contribution in [-0.4, -0.2) is 6.61 Å². The van der Waals surface area contributed by atoms with Crippen molar-refractivity contribution < 1.29 is 4.74 Å². The smallest absolute Gasteiger partial charge is 0.121 e. The molecule has 2 aromatic carbocycles. The van der Waals surface area contributed by atoms with E-state index in [-0.39, 0.29) is 0 Å². The molecule has 0 atom stereocenters. The summed E-state index contributed by atoms with van der Waals surface area (Å²) in [5, 5.41) is 0. The van der Waals surface area contributed by atoms with Crippen LogP contribution < -0.4 is 10.5 Å². The Morgan fingerprint density at radius 2 is 1.82 bits per heavy atom. The first-order valence-corrected chi connectivity index (χ1v) is 5.78. The van der Waals surface area contributed by atoms with Gasteiger partial charge in [-0.25, -0.2) is 0 Å². The summed E-state index contributed by atoms with van der Waals surface area (Å²) < 4.78 is 5.64. The highest BCUT2D eigenvalue weighted by Crippen LogP contribution is 2.14. The Labute approximate surface area is 102 Å². The van der Waals surface area contributed by atoms with E-state index in [0.29, 0.717) is 6.61 Å². The molecule has 0 aliphatic rings. The molecule has 88 valence electrons. The molecule has 0 spiro atoms. The lowest BCUT2D eigenvalue weighted by Crippen LogP contribution is -2.01. The molecule has 0 amide bonds. The maximum atomic E-state index is 5.68. The van der Waals surface area contributed by atoms with Crippen molar-refractivity contribution in [2.45, 2.75) is 13.3 Å². The Morgan fingerprint density at radius 3 is 2.53 bits per heavy atom. The van der Waals surface area contributed by atoms with E-state index in [2.05, 4.69) is 31.2 Å². The van der Waals surface area contributed by atoms with Crippen LogP contribution in [0.5, 0.6) is 5.75 Å². The van der Waals surface area contributed by atoms with E-state index in [9.17, 15) is 0 Å². The third-order valence-electron chi connectivity index (χ3n) is 2.64. The van der Waals surface area contributed by atoms with Gasteiger partial charge in [0.2, 0.25) is 0 Å². The zero-order valence-corrected chi connectivity index (χ0v) is 10.0. The van der Waals surface area contributed by atoms with Gasteiger partial charge in [-0.3, -0.25) is 0 Å². The van der Waals surface area contributed by atoms with Gasteiger partial charge in [-0.2, -0.15) is 0 Å². The summed E-state index contributed by atoms with van der Waals surface area (Å²) in [7, 11) is 0. The normalized spacial score (nSPS) is 10.2. The first kappa shape index (κ1) is 11.5. The molecule has 0 bridgehead atoms. The number of benzene rings is 2. The Balaban J connectivity index is 1.85.